The molecule has 0 rings (SSSR count). The highest BCUT2D eigenvalue weighted by Gasteiger charge is 2.19. The fourth-order valence-corrected chi connectivity index (χ4v) is 11.1. The molecule has 0 aromatic rings. The molecule has 0 radical (unpaired) electrons. The van der Waals surface area contributed by atoms with Gasteiger partial charge in [-0.25, -0.2) is 0 Å². The molecule has 0 bridgehead atoms. The number of hydrogen-bond donors (Lipinski definition) is 0. The van der Waals surface area contributed by atoms with Crippen molar-refractivity contribution in [3.8, 4) is 0 Å². The second kappa shape index (κ2) is 70.9. The molecule has 0 amide bonds. The smallest absolute Gasteiger partial charge is 0.306 e. The highest BCUT2D eigenvalue weighted by atomic mass is 16.6. The van der Waals surface area contributed by atoms with Crippen LogP contribution in [0.2, 0.25) is 0 Å². The van der Waals surface area contributed by atoms with Gasteiger partial charge in [0, 0.05) is 19.3 Å². The molecular formula is C76H140O6. The number of rotatable bonds is 68. The third-order valence-corrected chi connectivity index (χ3v) is 16.6. The van der Waals surface area contributed by atoms with E-state index in [0.717, 1.165) is 89.9 Å². The van der Waals surface area contributed by atoms with Gasteiger partial charge in [-0.3, -0.25) is 14.4 Å². The van der Waals surface area contributed by atoms with Gasteiger partial charge in [0.15, 0.2) is 6.10 Å². The van der Waals surface area contributed by atoms with E-state index in [1.807, 2.05) is 0 Å². The van der Waals surface area contributed by atoms with E-state index < -0.39 is 6.10 Å². The fourth-order valence-electron chi connectivity index (χ4n) is 11.1. The summed E-state index contributed by atoms with van der Waals surface area (Å²) in [5, 5.41) is 0. The number of allylic oxidation sites excluding steroid dienone is 8. The minimum absolute atomic E-state index is 0.0694. The third-order valence-electron chi connectivity index (χ3n) is 16.6. The summed E-state index contributed by atoms with van der Waals surface area (Å²) in [5.74, 6) is -0.863. The Bertz CT molecular complexity index is 1410. The second-order valence-corrected chi connectivity index (χ2v) is 24.8. The molecule has 1 atom stereocenters. The lowest BCUT2D eigenvalue weighted by molar-refractivity contribution is -0.167. The molecule has 6 heteroatoms. The Hall–Kier alpha value is -2.63. The van der Waals surface area contributed by atoms with Crippen LogP contribution in [0.1, 0.15) is 400 Å². The maximum absolute atomic E-state index is 12.9. The summed E-state index contributed by atoms with van der Waals surface area (Å²) in [5.41, 5.74) is 0. The molecule has 0 aliphatic rings. The van der Waals surface area contributed by atoms with Crippen LogP contribution in [0.3, 0.4) is 0 Å². The quantitative estimate of drug-likeness (QED) is 0.0261. The van der Waals surface area contributed by atoms with Crippen molar-refractivity contribution < 1.29 is 28.6 Å². The molecule has 0 spiro atoms. The first kappa shape index (κ1) is 79.4. The summed E-state index contributed by atoms with van der Waals surface area (Å²) in [7, 11) is 0. The van der Waals surface area contributed by atoms with E-state index >= 15 is 0 Å². The second-order valence-electron chi connectivity index (χ2n) is 24.8. The molecule has 0 heterocycles. The number of unbranched alkanes of at least 4 members (excludes halogenated alkanes) is 49. The Balaban J connectivity index is 3.88. The van der Waals surface area contributed by atoms with Crippen molar-refractivity contribution in [1.82, 2.24) is 0 Å². The average molecular weight is 1150 g/mol. The van der Waals surface area contributed by atoms with Gasteiger partial charge in [-0.2, -0.15) is 0 Å². The maximum Gasteiger partial charge on any atom is 0.306 e. The Morgan fingerprint density at radius 1 is 0.256 bits per heavy atom. The van der Waals surface area contributed by atoms with Crippen LogP contribution in [0.25, 0.3) is 0 Å². The van der Waals surface area contributed by atoms with Crippen LogP contribution >= 0.6 is 0 Å². The first-order valence-electron chi connectivity index (χ1n) is 36.6. The van der Waals surface area contributed by atoms with Crippen LogP contribution in [-0.4, -0.2) is 37.2 Å². The first-order valence-corrected chi connectivity index (χ1v) is 36.6. The van der Waals surface area contributed by atoms with Gasteiger partial charge in [0.1, 0.15) is 13.2 Å². The summed E-state index contributed by atoms with van der Waals surface area (Å²) in [6.07, 6.45) is 90.8. The largest absolute Gasteiger partial charge is 0.462 e. The Morgan fingerprint density at radius 2 is 0.476 bits per heavy atom. The van der Waals surface area contributed by atoms with E-state index in [9.17, 15) is 14.4 Å². The molecule has 6 nitrogen and oxygen atoms in total. The van der Waals surface area contributed by atoms with Crippen molar-refractivity contribution >= 4 is 17.9 Å². The highest BCUT2D eigenvalue weighted by Crippen LogP contribution is 2.19. The molecule has 0 N–H and O–H groups in total. The van der Waals surface area contributed by atoms with Gasteiger partial charge in [0.05, 0.1) is 0 Å². The zero-order valence-electron chi connectivity index (χ0n) is 55.3. The van der Waals surface area contributed by atoms with E-state index in [0.29, 0.717) is 19.3 Å². The molecule has 0 saturated carbocycles. The molecule has 0 aromatic carbocycles. The van der Waals surface area contributed by atoms with Crippen molar-refractivity contribution in [2.45, 2.75) is 406 Å². The normalized spacial score (nSPS) is 12.3. The molecule has 0 aliphatic carbocycles. The first-order chi connectivity index (χ1) is 40.5. The highest BCUT2D eigenvalue weighted by molar-refractivity contribution is 5.71. The summed E-state index contributed by atoms with van der Waals surface area (Å²) < 4.78 is 16.8. The predicted octanol–water partition coefficient (Wildman–Crippen LogP) is 25.3. The van der Waals surface area contributed by atoms with Crippen molar-refractivity contribution in [1.29, 1.82) is 0 Å². The topological polar surface area (TPSA) is 78.9 Å². The fraction of sp³-hybridized carbons (Fsp3) is 0.855. The van der Waals surface area contributed by atoms with Gasteiger partial charge < -0.3 is 14.2 Å². The van der Waals surface area contributed by atoms with Crippen LogP contribution in [-0.2, 0) is 28.6 Å². The number of hydrogen-bond acceptors (Lipinski definition) is 6. The van der Waals surface area contributed by atoms with Crippen LogP contribution < -0.4 is 0 Å². The SMILES string of the molecule is CC/C=C\C/C=C\C/C=C\C/C=C\CCCCCCCCCCCCCCC(=O)OC(COC(=O)CCCCCCC)COC(=O)CCCCCCCCCCCCCCCCCCCCCCCCCCCCCCCCCCCC. The van der Waals surface area contributed by atoms with Gasteiger partial charge >= 0.3 is 17.9 Å². The summed E-state index contributed by atoms with van der Waals surface area (Å²) in [4.78, 5) is 38.0. The molecule has 0 saturated heterocycles. The van der Waals surface area contributed by atoms with Gasteiger partial charge in [0.25, 0.3) is 0 Å². The lowest BCUT2D eigenvalue weighted by Crippen LogP contribution is -2.30. The van der Waals surface area contributed by atoms with E-state index in [2.05, 4.69) is 69.4 Å². The maximum atomic E-state index is 12.9. The monoisotopic (exact) mass is 1150 g/mol. The van der Waals surface area contributed by atoms with Gasteiger partial charge in [-0.1, -0.05) is 371 Å². The van der Waals surface area contributed by atoms with Crippen LogP contribution in [0.15, 0.2) is 48.6 Å². The average Bonchev–Trinajstić information content (AvgIpc) is 3.47. The summed E-state index contributed by atoms with van der Waals surface area (Å²) in [6, 6.07) is 0. The zero-order valence-corrected chi connectivity index (χ0v) is 55.3. The van der Waals surface area contributed by atoms with E-state index in [1.54, 1.807) is 0 Å². The third kappa shape index (κ3) is 68.2. The molecule has 0 aliphatic heterocycles. The predicted molar refractivity (Wildman–Crippen MR) is 358 cm³/mol. The van der Waals surface area contributed by atoms with Gasteiger partial charge in [0.2, 0.25) is 0 Å². The number of esters is 3. The van der Waals surface area contributed by atoms with Crippen molar-refractivity contribution in [2.24, 2.45) is 0 Å². The molecular weight excluding hydrogens is 1010 g/mol. The molecule has 480 valence electrons. The van der Waals surface area contributed by atoms with Gasteiger partial charge in [-0.15, -0.1) is 0 Å². The minimum Gasteiger partial charge on any atom is -0.462 e. The molecule has 82 heavy (non-hydrogen) atoms. The van der Waals surface area contributed by atoms with E-state index in [4.69, 9.17) is 14.2 Å². The molecule has 0 fully saturated rings. The lowest BCUT2D eigenvalue weighted by atomic mass is 10.0. The lowest BCUT2D eigenvalue weighted by Gasteiger charge is -2.18. The number of carbonyl (C=O) groups excluding carboxylic acids is 3. The standard InChI is InChI=1S/C76H140O6/c1-4-7-10-13-15-17-19-21-23-25-27-29-31-33-34-35-36-37-38-39-40-41-43-44-46-48-50-52-54-56-58-60-63-66-69-75(78)81-72-73(71-80-74(77)68-65-62-12-9-6-3)82-76(79)70-67-64-61-59-57-55-53-51-49-47-45-42-32-30-28-26-24-22-20-18-16-14-11-8-5-2/h8,11,16,18,22,24,28,30,73H,4-7,9-10,12-15,17,19-21,23,25-27,29,31-72H2,1-3H3/b11-8-,18-16-,24-22-,30-28-. The summed E-state index contributed by atoms with van der Waals surface area (Å²) >= 11 is 0. The van der Waals surface area contributed by atoms with Crippen molar-refractivity contribution in [3.63, 3.8) is 0 Å². The molecule has 0 aromatic heterocycles. The van der Waals surface area contributed by atoms with Gasteiger partial charge in [-0.05, 0) is 57.8 Å². The summed E-state index contributed by atoms with van der Waals surface area (Å²) in [6.45, 7) is 6.51. The van der Waals surface area contributed by atoms with Crippen molar-refractivity contribution in [2.75, 3.05) is 13.2 Å². The van der Waals surface area contributed by atoms with Crippen molar-refractivity contribution in [3.05, 3.63) is 48.6 Å². The molecule has 1 unspecified atom stereocenters. The van der Waals surface area contributed by atoms with Crippen LogP contribution in [0.5, 0.6) is 0 Å². The number of ether oxygens (including phenoxy) is 3. The van der Waals surface area contributed by atoms with E-state index in [-0.39, 0.29) is 31.1 Å². The van der Waals surface area contributed by atoms with Crippen LogP contribution in [0.4, 0.5) is 0 Å². The minimum atomic E-state index is -0.769. The Morgan fingerprint density at radius 3 is 0.744 bits per heavy atom. The van der Waals surface area contributed by atoms with E-state index in [1.165, 1.54) is 270 Å². The Labute approximate surface area is 511 Å². The Kier molecular flexibility index (Phi) is 68.6. The van der Waals surface area contributed by atoms with Crippen LogP contribution in [0, 0.1) is 0 Å². The zero-order chi connectivity index (χ0) is 59.2. The number of carbonyl (C=O) groups is 3.